The number of hydrogen-bond donors (Lipinski definition) is 2. The summed E-state index contributed by atoms with van der Waals surface area (Å²) in [6.45, 7) is 2.60. The zero-order valence-corrected chi connectivity index (χ0v) is 13.0. The molecule has 21 heavy (non-hydrogen) atoms. The van der Waals surface area contributed by atoms with Crippen molar-refractivity contribution < 1.29 is 9.59 Å². The van der Waals surface area contributed by atoms with Gasteiger partial charge >= 0.3 is 0 Å². The lowest BCUT2D eigenvalue weighted by Crippen LogP contribution is -2.36. The molecular weight excluding hydrogens is 308 g/mol. The molecule has 6 nitrogen and oxygen atoms in total. The molecule has 0 aliphatic rings. The number of nitrogens with zero attached hydrogens (tertiary/aromatic N) is 2. The molecule has 110 valence electrons. The van der Waals surface area contributed by atoms with Crippen LogP contribution in [0.15, 0.2) is 17.6 Å². The zero-order valence-electron chi connectivity index (χ0n) is 11.4. The van der Waals surface area contributed by atoms with E-state index >= 15 is 0 Å². The van der Waals surface area contributed by atoms with Gasteiger partial charge < -0.3 is 10.6 Å². The fraction of sp³-hybridized carbons (Fsp3) is 0.308. The Labute approximate surface area is 128 Å². The van der Waals surface area contributed by atoms with Crippen LogP contribution in [0.4, 0.5) is 0 Å². The van der Waals surface area contributed by atoms with Gasteiger partial charge in [0.1, 0.15) is 4.83 Å². The molecule has 0 unspecified atom stereocenters. The summed E-state index contributed by atoms with van der Waals surface area (Å²) in [5, 5.41) is 7.30. The molecule has 3 heterocycles. The van der Waals surface area contributed by atoms with Gasteiger partial charge in [0.2, 0.25) is 5.91 Å². The van der Waals surface area contributed by atoms with Crippen molar-refractivity contribution in [2.75, 3.05) is 13.1 Å². The summed E-state index contributed by atoms with van der Waals surface area (Å²) in [5.74, 6) is -0.415. The van der Waals surface area contributed by atoms with Gasteiger partial charge in [-0.05, 0) is 12.5 Å². The average molecular weight is 322 g/mol. The minimum absolute atomic E-state index is 0.00458. The molecule has 3 aromatic rings. The molecule has 0 atom stereocenters. The van der Waals surface area contributed by atoms with Crippen molar-refractivity contribution in [3.63, 3.8) is 0 Å². The van der Waals surface area contributed by atoms with Crippen molar-refractivity contribution in [2.45, 2.75) is 13.3 Å². The van der Waals surface area contributed by atoms with Crippen LogP contribution in [-0.2, 0) is 4.79 Å². The Bertz CT molecular complexity index is 802. The van der Waals surface area contributed by atoms with Gasteiger partial charge in [-0.2, -0.15) is 0 Å². The first-order chi connectivity index (χ1) is 10.2. The van der Waals surface area contributed by atoms with Crippen LogP contribution in [0, 0.1) is 0 Å². The number of thiazole rings is 1. The molecule has 0 aliphatic carbocycles. The summed E-state index contributed by atoms with van der Waals surface area (Å²) in [5.41, 5.74) is 0.928. The van der Waals surface area contributed by atoms with Gasteiger partial charge in [-0.1, -0.05) is 6.92 Å². The molecular formula is C13H14N4O2S2. The summed E-state index contributed by atoms with van der Waals surface area (Å²) < 4.78 is 1.96. The first kappa shape index (κ1) is 14.0. The van der Waals surface area contributed by atoms with Crippen LogP contribution >= 0.6 is 22.7 Å². The van der Waals surface area contributed by atoms with E-state index in [0.717, 1.165) is 21.7 Å². The van der Waals surface area contributed by atoms with Crippen molar-refractivity contribution in [3.05, 3.63) is 22.5 Å². The predicted molar refractivity (Wildman–Crippen MR) is 84.1 cm³/mol. The Morgan fingerprint density at radius 3 is 3.05 bits per heavy atom. The lowest BCUT2D eigenvalue weighted by molar-refractivity contribution is -0.120. The Morgan fingerprint density at radius 1 is 1.38 bits per heavy atom. The number of imidazole rings is 1. The fourth-order valence-corrected chi connectivity index (χ4v) is 3.65. The van der Waals surface area contributed by atoms with Crippen LogP contribution < -0.4 is 10.6 Å². The Hall–Kier alpha value is -1.93. The molecule has 3 rings (SSSR count). The first-order valence-corrected chi connectivity index (χ1v) is 8.28. The highest BCUT2D eigenvalue weighted by atomic mass is 32.1. The van der Waals surface area contributed by atoms with Gasteiger partial charge in [0.15, 0.2) is 4.96 Å². The van der Waals surface area contributed by atoms with Crippen molar-refractivity contribution in [1.29, 1.82) is 0 Å². The highest BCUT2D eigenvalue weighted by molar-refractivity contribution is 7.21. The molecule has 2 amide bonds. The summed E-state index contributed by atoms with van der Waals surface area (Å²) in [6.07, 6.45) is 2.81. The molecule has 0 aromatic carbocycles. The van der Waals surface area contributed by atoms with E-state index in [1.807, 2.05) is 29.0 Å². The quantitative estimate of drug-likeness (QED) is 0.753. The molecule has 0 saturated heterocycles. The van der Waals surface area contributed by atoms with E-state index in [9.17, 15) is 9.59 Å². The van der Waals surface area contributed by atoms with Crippen molar-refractivity contribution in [1.82, 2.24) is 20.0 Å². The number of amides is 2. The zero-order chi connectivity index (χ0) is 14.8. The smallest absolute Gasteiger partial charge is 0.261 e. The van der Waals surface area contributed by atoms with Gasteiger partial charge in [-0.15, -0.1) is 22.7 Å². The third kappa shape index (κ3) is 2.77. The van der Waals surface area contributed by atoms with Gasteiger partial charge in [0, 0.05) is 18.1 Å². The maximum absolute atomic E-state index is 12.0. The summed E-state index contributed by atoms with van der Waals surface area (Å²) in [7, 11) is 0. The standard InChI is InChI=1S/C13H14N4O2S2/c1-2-3-14-10(18)7-15-11(19)9-6-8-12(21-9)16-13-17(8)4-5-20-13/h4-6H,2-3,7H2,1H3,(H,14,18)(H,15,19). The average Bonchev–Trinajstić information content (AvgIpc) is 3.13. The Kier molecular flexibility index (Phi) is 3.89. The highest BCUT2D eigenvalue weighted by Gasteiger charge is 2.15. The number of hydrogen-bond acceptors (Lipinski definition) is 5. The van der Waals surface area contributed by atoms with Crippen molar-refractivity contribution in [3.8, 4) is 0 Å². The van der Waals surface area contributed by atoms with Crippen LogP contribution in [0.5, 0.6) is 0 Å². The topological polar surface area (TPSA) is 75.5 Å². The van der Waals surface area contributed by atoms with Gasteiger partial charge in [-0.3, -0.25) is 14.0 Å². The number of thiophene rings is 1. The molecule has 0 aliphatic heterocycles. The largest absolute Gasteiger partial charge is 0.355 e. The van der Waals surface area contributed by atoms with E-state index in [4.69, 9.17) is 0 Å². The normalized spacial score (nSPS) is 11.1. The summed E-state index contributed by atoms with van der Waals surface area (Å²) in [4.78, 5) is 30.3. The fourth-order valence-electron chi connectivity index (χ4n) is 1.93. The lowest BCUT2D eigenvalue weighted by atomic mass is 10.4. The Balaban J connectivity index is 1.69. The highest BCUT2D eigenvalue weighted by Crippen LogP contribution is 2.27. The van der Waals surface area contributed by atoms with E-state index in [-0.39, 0.29) is 18.4 Å². The SMILES string of the molecule is CCCNC(=O)CNC(=O)c1cc2c(nc3sccn32)s1. The second-order valence-corrected chi connectivity index (χ2v) is 6.40. The van der Waals surface area contributed by atoms with Crippen LogP contribution in [-0.4, -0.2) is 34.3 Å². The van der Waals surface area contributed by atoms with E-state index in [0.29, 0.717) is 11.4 Å². The Morgan fingerprint density at radius 2 is 2.24 bits per heavy atom. The van der Waals surface area contributed by atoms with Crippen LogP contribution in [0.25, 0.3) is 15.3 Å². The van der Waals surface area contributed by atoms with Crippen molar-refractivity contribution >= 4 is 49.8 Å². The monoisotopic (exact) mass is 322 g/mol. The molecule has 0 radical (unpaired) electrons. The number of nitrogens with one attached hydrogen (secondary N) is 2. The maximum atomic E-state index is 12.0. The molecule has 2 N–H and O–H groups in total. The summed E-state index contributed by atoms with van der Waals surface area (Å²) >= 11 is 2.89. The summed E-state index contributed by atoms with van der Waals surface area (Å²) in [6, 6.07) is 1.81. The molecule has 0 fully saturated rings. The van der Waals surface area contributed by atoms with Crippen molar-refractivity contribution in [2.24, 2.45) is 0 Å². The van der Waals surface area contributed by atoms with Gasteiger partial charge in [-0.25, -0.2) is 4.98 Å². The van der Waals surface area contributed by atoms with Crippen LogP contribution in [0.3, 0.4) is 0 Å². The second-order valence-electron chi connectivity index (χ2n) is 4.50. The van der Waals surface area contributed by atoms with Gasteiger partial charge in [0.25, 0.3) is 5.91 Å². The van der Waals surface area contributed by atoms with Crippen LogP contribution in [0.1, 0.15) is 23.0 Å². The third-order valence-electron chi connectivity index (χ3n) is 2.95. The minimum Gasteiger partial charge on any atom is -0.355 e. The molecule has 0 saturated carbocycles. The number of carbonyl (C=O) groups excluding carboxylic acids is 2. The predicted octanol–water partition coefficient (Wildman–Crippen LogP) is 1.87. The second kappa shape index (κ2) is 5.82. The third-order valence-corrected chi connectivity index (χ3v) is 4.72. The number of fused-ring (bicyclic) bond motifs is 3. The molecule has 3 aromatic heterocycles. The van der Waals surface area contributed by atoms with E-state index in [1.165, 1.54) is 11.3 Å². The molecule has 0 spiro atoms. The molecule has 0 bridgehead atoms. The lowest BCUT2D eigenvalue weighted by Gasteiger charge is -2.04. The molecule has 8 heteroatoms. The number of aromatic nitrogens is 2. The van der Waals surface area contributed by atoms with E-state index in [2.05, 4.69) is 15.6 Å². The van der Waals surface area contributed by atoms with Crippen LogP contribution in [0.2, 0.25) is 0 Å². The minimum atomic E-state index is -0.242. The van der Waals surface area contributed by atoms with Gasteiger partial charge in [0.05, 0.1) is 16.9 Å². The van der Waals surface area contributed by atoms with E-state index < -0.39 is 0 Å². The maximum Gasteiger partial charge on any atom is 0.261 e. The van der Waals surface area contributed by atoms with E-state index in [1.54, 1.807) is 11.3 Å². The first-order valence-electron chi connectivity index (χ1n) is 6.59. The number of rotatable bonds is 5. The number of carbonyl (C=O) groups is 2.